The van der Waals surface area contributed by atoms with Gasteiger partial charge in [-0.1, -0.05) is 61.5 Å². The van der Waals surface area contributed by atoms with Gasteiger partial charge in [-0.3, -0.25) is 14.6 Å². The van der Waals surface area contributed by atoms with Crippen molar-refractivity contribution in [1.82, 2.24) is 9.88 Å². The number of nitrogens with zero attached hydrogens (tertiary/aromatic N) is 3. The number of carbonyl (C=O) groups excluding carboxylic acids is 1. The van der Waals surface area contributed by atoms with Crippen LogP contribution in [0, 0.1) is 0 Å². The highest BCUT2D eigenvalue weighted by Gasteiger charge is 2.21. The highest BCUT2D eigenvalue weighted by Crippen LogP contribution is 2.32. The Bertz CT molecular complexity index is 1040. The summed E-state index contributed by atoms with van der Waals surface area (Å²) in [6, 6.07) is 18.7. The predicted molar refractivity (Wildman–Crippen MR) is 125 cm³/mol. The van der Waals surface area contributed by atoms with Gasteiger partial charge in [0.2, 0.25) is 5.91 Å². The Labute approximate surface area is 182 Å². The van der Waals surface area contributed by atoms with E-state index in [1.807, 2.05) is 18.2 Å². The zero-order chi connectivity index (χ0) is 20.9. The molecule has 154 valence electrons. The highest BCUT2D eigenvalue weighted by molar-refractivity contribution is 7.14. The number of hydrogen-bond acceptors (Lipinski definition) is 4. The molecule has 3 aromatic rings. The Morgan fingerprint density at radius 1 is 1.13 bits per heavy atom. The number of thiazole rings is 1. The van der Waals surface area contributed by atoms with E-state index in [4.69, 9.17) is 4.98 Å². The Morgan fingerprint density at radius 3 is 2.60 bits per heavy atom. The van der Waals surface area contributed by atoms with Gasteiger partial charge in [-0.25, -0.2) is 4.98 Å². The van der Waals surface area contributed by atoms with Gasteiger partial charge in [-0.15, -0.1) is 11.3 Å². The van der Waals surface area contributed by atoms with E-state index in [2.05, 4.69) is 59.7 Å². The van der Waals surface area contributed by atoms with Crippen LogP contribution in [0.15, 0.2) is 66.1 Å². The Balaban J connectivity index is 1.47. The molecule has 4 rings (SSSR count). The molecule has 0 bridgehead atoms. The molecule has 0 spiro atoms. The van der Waals surface area contributed by atoms with Crippen molar-refractivity contribution in [3.63, 3.8) is 0 Å². The summed E-state index contributed by atoms with van der Waals surface area (Å²) >= 11 is 1.54. The first-order valence-electron chi connectivity index (χ1n) is 10.5. The molecular formula is C25H27N3OS. The molecule has 1 aromatic heterocycles. The highest BCUT2D eigenvalue weighted by atomic mass is 32.1. The van der Waals surface area contributed by atoms with E-state index < -0.39 is 0 Å². The lowest BCUT2D eigenvalue weighted by Crippen LogP contribution is -2.28. The van der Waals surface area contributed by atoms with Gasteiger partial charge in [0.05, 0.1) is 11.4 Å². The van der Waals surface area contributed by atoms with Crippen LogP contribution >= 0.6 is 11.3 Å². The molecule has 2 aromatic carbocycles. The summed E-state index contributed by atoms with van der Waals surface area (Å²) in [5, 5.41) is 2.83. The zero-order valence-corrected chi connectivity index (χ0v) is 18.4. The first-order valence-corrected chi connectivity index (χ1v) is 11.3. The van der Waals surface area contributed by atoms with Gasteiger partial charge < -0.3 is 0 Å². The molecule has 30 heavy (non-hydrogen) atoms. The number of carbonyl (C=O) groups is 1. The second kappa shape index (κ2) is 9.37. The molecule has 0 saturated carbocycles. The Morgan fingerprint density at radius 2 is 1.90 bits per heavy atom. The molecule has 0 unspecified atom stereocenters. The number of para-hydroxylation sites is 1. The first-order chi connectivity index (χ1) is 14.7. The zero-order valence-electron chi connectivity index (χ0n) is 17.5. The quantitative estimate of drug-likeness (QED) is 0.518. The molecular weight excluding hydrogens is 390 g/mol. The van der Waals surface area contributed by atoms with Crippen LogP contribution in [0.5, 0.6) is 0 Å². The summed E-state index contributed by atoms with van der Waals surface area (Å²) in [5.41, 5.74) is 5.84. The maximum absolute atomic E-state index is 12.5. The molecule has 0 saturated heterocycles. The minimum atomic E-state index is -0.00907. The summed E-state index contributed by atoms with van der Waals surface area (Å²) < 4.78 is 0. The molecule has 0 atom stereocenters. The van der Waals surface area contributed by atoms with Crippen LogP contribution in [0.4, 0.5) is 10.8 Å². The summed E-state index contributed by atoms with van der Waals surface area (Å²) in [4.78, 5) is 21.4. The maximum atomic E-state index is 12.5. The minimum absolute atomic E-state index is 0.00907. The molecule has 2 heterocycles. The van der Waals surface area contributed by atoms with Gasteiger partial charge in [-0.2, -0.15) is 0 Å². The Hall–Kier alpha value is -2.76. The van der Waals surface area contributed by atoms with Gasteiger partial charge in [0.25, 0.3) is 0 Å². The van der Waals surface area contributed by atoms with E-state index in [1.165, 1.54) is 22.5 Å². The number of rotatable bonds is 6. The SMILES string of the molecule is CCc1ccccc1N(C(C)=O)c1nc(CN2CC=C(c3ccccc3)CC2)cs1. The number of aromatic nitrogens is 1. The molecule has 1 aliphatic rings. The first kappa shape index (κ1) is 20.5. The van der Waals surface area contributed by atoms with Crippen LogP contribution < -0.4 is 4.90 Å². The fraction of sp³-hybridized carbons (Fsp3) is 0.280. The third kappa shape index (κ3) is 4.53. The third-order valence-corrected chi connectivity index (χ3v) is 6.36. The van der Waals surface area contributed by atoms with Crippen LogP contribution in [-0.4, -0.2) is 28.9 Å². The topological polar surface area (TPSA) is 36.4 Å². The predicted octanol–water partition coefficient (Wildman–Crippen LogP) is 5.68. The van der Waals surface area contributed by atoms with E-state index in [0.717, 1.165) is 54.6 Å². The number of benzene rings is 2. The number of hydrogen-bond donors (Lipinski definition) is 0. The lowest BCUT2D eigenvalue weighted by atomic mass is 9.99. The van der Waals surface area contributed by atoms with E-state index in [-0.39, 0.29) is 5.91 Å². The van der Waals surface area contributed by atoms with Crippen molar-refractivity contribution in [3.8, 4) is 0 Å². The van der Waals surface area contributed by atoms with E-state index in [0.29, 0.717) is 0 Å². The summed E-state index contributed by atoms with van der Waals surface area (Å²) in [6.07, 6.45) is 4.25. The lowest BCUT2D eigenvalue weighted by molar-refractivity contribution is -0.115. The van der Waals surface area contributed by atoms with Crippen LogP contribution in [-0.2, 0) is 17.8 Å². The largest absolute Gasteiger partial charge is 0.293 e. The number of amides is 1. The van der Waals surface area contributed by atoms with Crippen molar-refractivity contribution < 1.29 is 4.79 Å². The van der Waals surface area contributed by atoms with Crippen LogP contribution in [0.2, 0.25) is 0 Å². The summed E-state index contributed by atoms with van der Waals surface area (Å²) in [5.74, 6) is -0.00907. The van der Waals surface area contributed by atoms with Crippen molar-refractivity contribution in [2.75, 3.05) is 18.0 Å². The smallest absolute Gasteiger partial charge is 0.230 e. The number of anilines is 2. The molecule has 4 nitrogen and oxygen atoms in total. The van der Waals surface area contributed by atoms with Crippen molar-refractivity contribution >= 4 is 33.6 Å². The fourth-order valence-electron chi connectivity index (χ4n) is 3.91. The molecule has 0 N–H and O–H groups in total. The van der Waals surface area contributed by atoms with Crippen molar-refractivity contribution in [2.24, 2.45) is 0 Å². The van der Waals surface area contributed by atoms with Crippen LogP contribution in [0.25, 0.3) is 5.57 Å². The van der Waals surface area contributed by atoms with Gasteiger partial charge in [0.1, 0.15) is 0 Å². The van der Waals surface area contributed by atoms with Crippen molar-refractivity contribution in [1.29, 1.82) is 0 Å². The molecule has 5 heteroatoms. The third-order valence-electron chi connectivity index (χ3n) is 5.48. The van der Waals surface area contributed by atoms with Crippen molar-refractivity contribution in [3.05, 3.63) is 82.9 Å². The van der Waals surface area contributed by atoms with E-state index in [1.54, 1.807) is 11.8 Å². The minimum Gasteiger partial charge on any atom is -0.293 e. The molecule has 0 radical (unpaired) electrons. The average Bonchev–Trinajstić information content (AvgIpc) is 3.23. The van der Waals surface area contributed by atoms with Crippen molar-refractivity contribution in [2.45, 2.75) is 33.2 Å². The number of aryl methyl sites for hydroxylation is 1. The molecule has 1 amide bonds. The Kier molecular flexibility index (Phi) is 6.41. The normalized spacial score (nSPS) is 14.4. The van der Waals surface area contributed by atoms with Crippen LogP contribution in [0.1, 0.15) is 37.1 Å². The maximum Gasteiger partial charge on any atom is 0.230 e. The summed E-state index contributed by atoms with van der Waals surface area (Å²) in [7, 11) is 0. The lowest BCUT2D eigenvalue weighted by Gasteiger charge is -2.25. The van der Waals surface area contributed by atoms with Gasteiger partial charge in [-0.05, 0) is 35.6 Å². The second-order valence-corrected chi connectivity index (χ2v) is 8.38. The molecule has 1 aliphatic heterocycles. The fourth-order valence-corrected chi connectivity index (χ4v) is 4.78. The van der Waals surface area contributed by atoms with Crippen LogP contribution in [0.3, 0.4) is 0 Å². The van der Waals surface area contributed by atoms with Gasteiger partial charge in [0.15, 0.2) is 5.13 Å². The molecule has 0 fully saturated rings. The average molecular weight is 418 g/mol. The van der Waals surface area contributed by atoms with Gasteiger partial charge >= 0.3 is 0 Å². The summed E-state index contributed by atoms with van der Waals surface area (Å²) in [6.45, 7) is 6.46. The van der Waals surface area contributed by atoms with Gasteiger partial charge in [0, 0.05) is 31.9 Å². The second-order valence-electron chi connectivity index (χ2n) is 7.54. The van der Waals surface area contributed by atoms with E-state index >= 15 is 0 Å². The monoisotopic (exact) mass is 417 g/mol. The standard InChI is InChI=1S/C25H27N3OS/c1-3-20-9-7-8-12-24(20)28(19(2)29)25-26-23(18-30-25)17-27-15-13-22(14-16-27)21-10-5-4-6-11-21/h4-13,18H,3,14-17H2,1-2H3. The molecule has 0 aliphatic carbocycles. The van der Waals surface area contributed by atoms with E-state index in [9.17, 15) is 4.79 Å².